The average molecular weight is 385 g/mol. The molecule has 2 saturated carbocycles. The summed E-state index contributed by atoms with van der Waals surface area (Å²) in [4.78, 5) is 11.3. The van der Waals surface area contributed by atoms with Crippen LogP contribution in [0.3, 0.4) is 0 Å². The number of ketones is 1. The van der Waals surface area contributed by atoms with Crippen LogP contribution >= 0.6 is 0 Å². The third-order valence-electron chi connectivity index (χ3n) is 6.69. The van der Waals surface area contributed by atoms with E-state index in [0.717, 1.165) is 83.0 Å². The first-order valence-electron chi connectivity index (χ1n) is 10.9. The van der Waals surface area contributed by atoms with Gasteiger partial charge in [-0.2, -0.15) is 8.78 Å². The molecule has 0 amide bonds. The number of ether oxygens (including phenoxy) is 2. The van der Waals surface area contributed by atoms with Crippen LogP contribution in [0.1, 0.15) is 77.0 Å². The van der Waals surface area contributed by atoms with Crippen molar-refractivity contribution in [3.8, 4) is 0 Å². The van der Waals surface area contributed by atoms with E-state index < -0.39 is 6.08 Å². The van der Waals surface area contributed by atoms with E-state index >= 15 is 0 Å². The van der Waals surface area contributed by atoms with E-state index in [-0.39, 0.29) is 12.2 Å². The summed E-state index contributed by atoms with van der Waals surface area (Å²) in [5.74, 6) is 2.05. The average Bonchev–Trinajstić information content (AvgIpc) is 2.67. The van der Waals surface area contributed by atoms with Crippen molar-refractivity contribution >= 4 is 5.78 Å². The molecule has 5 heteroatoms. The van der Waals surface area contributed by atoms with Crippen LogP contribution in [0.5, 0.6) is 0 Å². The molecule has 3 nitrogen and oxygen atoms in total. The van der Waals surface area contributed by atoms with Gasteiger partial charge in [0.2, 0.25) is 0 Å². The molecule has 0 aromatic rings. The summed E-state index contributed by atoms with van der Waals surface area (Å²) < 4.78 is 36.7. The number of carbonyl (C=O) groups is 1. The van der Waals surface area contributed by atoms with E-state index in [2.05, 4.69) is 0 Å². The molecule has 27 heavy (non-hydrogen) atoms. The van der Waals surface area contributed by atoms with Gasteiger partial charge in [-0.05, 0) is 62.9 Å². The van der Waals surface area contributed by atoms with Gasteiger partial charge < -0.3 is 9.47 Å². The third-order valence-corrected chi connectivity index (χ3v) is 6.69. The molecule has 0 atom stereocenters. The second-order valence-corrected chi connectivity index (χ2v) is 8.80. The molecule has 154 valence electrons. The molecule has 2 aliphatic carbocycles. The molecule has 3 fully saturated rings. The summed E-state index contributed by atoms with van der Waals surface area (Å²) in [5, 5.41) is 0. The minimum Gasteiger partial charge on any atom is -0.352 e. The molecular weight excluding hydrogens is 350 g/mol. The van der Waals surface area contributed by atoms with Gasteiger partial charge in [0.1, 0.15) is 5.78 Å². The summed E-state index contributed by atoms with van der Waals surface area (Å²) in [6.07, 6.45) is 11.5. The van der Waals surface area contributed by atoms with Crippen molar-refractivity contribution in [2.24, 2.45) is 23.7 Å². The number of rotatable bonds is 7. The fraction of sp³-hybridized carbons (Fsp3) is 0.864. The molecule has 0 aromatic heterocycles. The lowest BCUT2D eigenvalue weighted by Gasteiger charge is -2.37. The first-order chi connectivity index (χ1) is 13.1. The molecule has 3 aliphatic rings. The first-order valence-corrected chi connectivity index (χ1v) is 10.9. The summed E-state index contributed by atoms with van der Waals surface area (Å²) in [7, 11) is 0. The maximum absolute atomic E-state index is 12.4. The van der Waals surface area contributed by atoms with Crippen molar-refractivity contribution in [1.82, 2.24) is 0 Å². The summed E-state index contributed by atoms with van der Waals surface area (Å²) >= 11 is 0. The number of unbranched alkanes of at least 4 members (excludes halogenated alkanes) is 1. The maximum atomic E-state index is 12.4. The predicted molar refractivity (Wildman–Crippen MR) is 100 cm³/mol. The quantitative estimate of drug-likeness (QED) is 0.514. The van der Waals surface area contributed by atoms with E-state index in [9.17, 15) is 13.6 Å². The molecule has 0 aromatic carbocycles. The van der Waals surface area contributed by atoms with Crippen molar-refractivity contribution < 1.29 is 23.0 Å². The van der Waals surface area contributed by atoms with Crippen molar-refractivity contribution in [1.29, 1.82) is 0 Å². The molecule has 0 spiro atoms. The Kier molecular flexibility index (Phi) is 8.25. The summed E-state index contributed by atoms with van der Waals surface area (Å²) in [6, 6.07) is 0. The van der Waals surface area contributed by atoms with Crippen LogP contribution in [0.15, 0.2) is 12.2 Å². The standard InChI is InChI=1S/C22H34F2O3/c23-21(24)13-17-5-9-19(10-6-17)22-26-14-18(15-27-22)4-2-1-3-16-7-11-20(25)12-8-16/h13,16-19,22H,1-12,14-15H2. The van der Waals surface area contributed by atoms with E-state index in [1.54, 1.807) is 0 Å². The molecule has 0 bridgehead atoms. The zero-order valence-electron chi connectivity index (χ0n) is 16.3. The van der Waals surface area contributed by atoms with E-state index in [4.69, 9.17) is 9.47 Å². The Morgan fingerprint density at radius 1 is 0.889 bits per heavy atom. The predicted octanol–water partition coefficient (Wildman–Crippen LogP) is 5.88. The van der Waals surface area contributed by atoms with Gasteiger partial charge in [0.25, 0.3) is 6.08 Å². The van der Waals surface area contributed by atoms with Crippen molar-refractivity contribution in [3.63, 3.8) is 0 Å². The van der Waals surface area contributed by atoms with Gasteiger partial charge in [0, 0.05) is 24.7 Å². The Balaban J connectivity index is 1.25. The molecule has 1 aliphatic heterocycles. The van der Waals surface area contributed by atoms with Gasteiger partial charge in [-0.1, -0.05) is 19.3 Å². The van der Waals surface area contributed by atoms with Gasteiger partial charge in [0.15, 0.2) is 6.29 Å². The van der Waals surface area contributed by atoms with Gasteiger partial charge in [0.05, 0.1) is 13.2 Å². The number of allylic oxidation sites excluding steroid dienone is 1. The Labute approximate surface area is 161 Å². The SMILES string of the molecule is O=C1CCC(CCCCC2COC(C3CCC(C=C(F)F)CC3)OC2)CC1. The van der Waals surface area contributed by atoms with Crippen molar-refractivity contribution in [3.05, 3.63) is 12.2 Å². The second-order valence-electron chi connectivity index (χ2n) is 8.80. The number of hydrogen-bond acceptors (Lipinski definition) is 3. The van der Waals surface area contributed by atoms with Crippen LogP contribution in [0, 0.1) is 23.7 Å². The highest BCUT2D eigenvalue weighted by atomic mass is 19.3. The first kappa shape index (κ1) is 20.9. The lowest BCUT2D eigenvalue weighted by atomic mass is 9.81. The normalized spacial score (nSPS) is 33.0. The van der Waals surface area contributed by atoms with Crippen LogP contribution < -0.4 is 0 Å². The van der Waals surface area contributed by atoms with E-state index in [0.29, 0.717) is 17.6 Å². The largest absolute Gasteiger partial charge is 0.352 e. The number of Topliss-reactive ketones (excluding diaryl/α,β-unsaturated/α-hetero) is 1. The Morgan fingerprint density at radius 3 is 2.07 bits per heavy atom. The van der Waals surface area contributed by atoms with Gasteiger partial charge in [-0.15, -0.1) is 0 Å². The van der Waals surface area contributed by atoms with Crippen LogP contribution in [-0.2, 0) is 14.3 Å². The highest BCUT2D eigenvalue weighted by Crippen LogP contribution is 2.35. The Bertz CT molecular complexity index is 478. The lowest BCUT2D eigenvalue weighted by molar-refractivity contribution is -0.229. The third kappa shape index (κ3) is 6.94. The van der Waals surface area contributed by atoms with Gasteiger partial charge in [-0.3, -0.25) is 4.79 Å². The van der Waals surface area contributed by atoms with Gasteiger partial charge >= 0.3 is 0 Å². The molecule has 1 saturated heterocycles. The van der Waals surface area contributed by atoms with Crippen LogP contribution in [-0.4, -0.2) is 25.3 Å². The minimum absolute atomic E-state index is 0.0184. The molecule has 3 rings (SSSR count). The molecule has 0 N–H and O–H groups in total. The van der Waals surface area contributed by atoms with Gasteiger partial charge in [-0.25, -0.2) is 0 Å². The minimum atomic E-state index is -1.55. The fourth-order valence-electron chi connectivity index (χ4n) is 4.91. The van der Waals surface area contributed by atoms with E-state index in [1.165, 1.54) is 19.3 Å². The topological polar surface area (TPSA) is 35.5 Å². The molecule has 1 heterocycles. The summed E-state index contributed by atoms with van der Waals surface area (Å²) in [6.45, 7) is 1.53. The Hall–Kier alpha value is -0.810. The molecular formula is C22H34F2O3. The Morgan fingerprint density at radius 2 is 1.48 bits per heavy atom. The zero-order chi connectivity index (χ0) is 19.1. The highest BCUT2D eigenvalue weighted by Gasteiger charge is 2.32. The smallest absolute Gasteiger partial charge is 0.266 e. The van der Waals surface area contributed by atoms with Crippen LogP contribution in [0.4, 0.5) is 8.78 Å². The van der Waals surface area contributed by atoms with Crippen molar-refractivity contribution in [2.75, 3.05) is 13.2 Å². The number of hydrogen-bond donors (Lipinski definition) is 0. The van der Waals surface area contributed by atoms with Crippen LogP contribution in [0.25, 0.3) is 0 Å². The molecule has 0 unspecified atom stereocenters. The lowest BCUT2D eigenvalue weighted by Crippen LogP contribution is -2.38. The van der Waals surface area contributed by atoms with E-state index in [1.807, 2.05) is 0 Å². The number of carbonyl (C=O) groups excluding carboxylic acids is 1. The second kappa shape index (κ2) is 10.7. The highest BCUT2D eigenvalue weighted by molar-refractivity contribution is 5.78. The fourth-order valence-corrected chi connectivity index (χ4v) is 4.91. The maximum Gasteiger partial charge on any atom is 0.266 e. The molecule has 0 radical (unpaired) electrons. The van der Waals surface area contributed by atoms with Crippen LogP contribution in [0.2, 0.25) is 0 Å². The zero-order valence-corrected chi connectivity index (χ0v) is 16.3. The monoisotopic (exact) mass is 384 g/mol. The number of halogens is 2. The van der Waals surface area contributed by atoms with Crippen molar-refractivity contribution in [2.45, 2.75) is 83.3 Å². The summed E-state index contributed by atoms with van der Waals surface area (Å²) in [5.41, 5.74) is 0.